The minimum atomic E-state index is -1.11. The van der Waals surface area contributed by atoms with E-state index in [0.717, 1.165) is 5.56 Å². The van der Waals surface area contributed by atoms with Crippen LogP contribution in [-0.4, -0.2) is 25.3 Å². The Morgan fingerprint density at radius 2 is 1.67 bits per heavy atom. The number of hydrogen-bond acceptors (Lipinski definition) is 4. The first kappa shape index (κ1) is 14.3. The maximum Gasteiger partial charge on any atom is 0.325 e. The van der Waals surface area contributed by atoms with Gasteiger partial charge >= 0.3 is 5.97 Å². The number of aliphatic carboxylic acids is 1. The second-order valence-corrected chi connectivity index (χ2v) is 4.31. The molecule has 0 fully saturated rings. The van der Waals surface area contributed by atoms with Gasteiger partial charge in [-0.25, -0.2) is 0 Å². The highest BCUT2D eigenvalue weighted by molar-refractivity contribution is 5.77. The van der Waals surface area contributed by atoms with Crippen LogP contribution >= 0.6 is 0 Å². The first-order valence-corrected chi connectivity index (χ1v) is 5.66. The average Bonchev–Trinajstić information content (AvgIpc) is 2.35. The molecule has 1 rings (SSSR count). The van der Waals surface area contributed by atoms with Gasteiger partial charge in [-0.2, -0.15) is 0 Å². The molecule has 1 aromatic rings. The van der Waals surface area contributed by atoms with E-state index >= 15 is 0 Å². The van der Waals surface area contributed by atoms with E-state index in [2.05, 4.69) is 0 Å². The zero-order valence-electron chi connectivity index (χ0n) is 11.1. The lowest BCUT2D eigenvalue weighted by atomic mass is 9.96. The second kappa shape index (κ2) is 5.73. The molecule has 0 aliphatic carbocycles. The summed E-state index contributed by atoms with van der Waals surface area (Å²) in [5, 5.41) is 9.00. The van der Waals surface area contributed by atoms with Gasteiger partial charge in [0.25, 0.3) is 0 Å². The molecule has 0 aliphatic heterocycles. The Morgan fingerprint density at radius 1 is 1.17 bits per heavy atom. The fourth-order valence-electron chi connectivity index (χ4n) is 1.78. The van der Waals surface area contributed by atoms with Crippen molar-refractivity contribution in [3.8, 4) is 11.5 Å². The van der Waals surface area contributed by atoms with Crippen LogP contribution in [0.15, 0.2) is 12.1 Å². The summed E-state index contributed by atoms with van der Waals surface area (Å²) < 4.78 is 10.4. The molecule has 5 heteroatoms. The average molecular weight is 253 g/mol. The second-order valence-electron chi connectivity index (χ2n) is 4.31. The zero-order valence-corrected chi connectivity index (χ0v) is 11.1. The quantitative estimate of drug-likeness (QED) is 0.837. The first-order chi connectivity index (χ1) is 8.42. The third-order valence-electron chi connectivity index (χ3n) is 2.81. The van der Waals surface area contributed by atoms with Crippen molar-refractivity contribution in [2.45, 2.75) is 25.8 Å². The van der Waals surface area contributed by atoms with Crippen LogP contribution in [0.1, 0.15) is 36.9 Å². The molecule has 3 N–H and O–H groups in total. The molecular formula is C13H19NO4. The van der Waals surface area contributed by atoms with Crippen LogP contribution in [-0.2, 0) is 4.79 Å². The van der Waals surface area contributed by atoms with Crippen molar-refractivity contribution >= 4 is 5.97 Å². The summed E-state index contributed by atoms with van der Waals surface area (Å²) in [7, 11) is 3.04. The van der Waals surface area contributed by atoms with E-state index < -0.39 is 12.0 Å². The molecule has 0 saturated heterocycles. The number of hydrogen-bond donors (Lipinski definition) is 2. The number of methoxy groups -OCH3 is 2. The molecule has 100 valence electrons. The van der Waals surface area contributed by atoms with E-state index in [1.807, 2.05) is 13.8 Å². The SMILES string of the molecule is COc1cc(OC)c(C(N)C(=O)O)cc1C(C)C. The molecule has 1 unspecified atom stereocenters. The number of ether oxygens (including phenoxy) is 2. The Bertz CT molecular complexity index is 443. The largest absolute Gasteiger partial charge is 0.496 e. The third-order valence-corrected chi connectivity index (χ3v) is 2.81. The van der Waals surface area contributed by atoms with Crippen LogP contribution in [0, 0.1) is 0 Å². The van der Waals surface area contributed by atoms with E-state index in [1.165, 1.54) is 7.11 Å². The van der Waals surface area contributed by atoms with Crippen molar-refractivity contribution in [3.63, 3.8) is 0 Å². The molecule has 0 bridgehead atoms. The fraction of sp³-hybridized carbons (Fsp3) is 0.462. The number of carbonyl (C=O) groups is 1. The van der Waals surface area contributed by atoms with E-state index in [1.54, 1.807) is 19.2 Å². The summed E-state index contributed by atoms with van der Waals surface area (Å²) in [6, 6.07) is 2.30. The van der Waals surface area contributed by atoms with Gasteiger partial charge < -0.3 is 20.3 Å². The Labute approximate surface area is 107 Å². The minimum Gasteiger partial charge on any atom is -0.496 e. The van der Waals surface area contributed by atoms with E-state index in [0.29, 0.717) is 17.1 Å². The molecule has 0 aliphatic rings. The van der Waals surface area contributed by atoms with E-state index in [9.17, 15) is 4.79 Å². The predicted octanol–water partition coefficient (Wildman–Crippen LogP) is 1.91. The molecule has 1 atom stereocenters. The Morgan fingerprint density at radius 3 is 2.06 bits per heavy atom. The van der Waals surface area contributed by atoms with Crippen molar-refractivity contribution in [2.24, 2.45) is 5.73 Å². The number of benzene rings is 1. The van der Waals surface area contributed by atoms with Gasteiger partial charge in [-0.15, -0.1) is 0 Å². The van der Waals surface area contributed by atoms with E-state index in [-0.39, 0.29) is 5.92 Å². The van der Waals surface area contributed by atoms with Crippen molar-refractivity contribution in [1.29, 1.82) is 0 Å². The van der Waals surface area contributed by atoms with Crippen LogP contribution in [0.5, 0.6) is 11.5 Å². The molecular weight excluding hydrogens is 234 g/mol. The summed E-state index contributed by atoms with van der Waals surface area (Å²) in [5.74, 6) is 0.202. The topological polar surface area (TPSA) is 81.8 Å². The molecule has 5 nitrogen and oxygen atoms in total. The van der Waals surface area contributed by atoms with Crippen LogP contribution in [0.2, 0.25) is 0 Å². The highest BCUT2D eigenvalue weighted by atomic mass is 16.5. The van der Waals surface area contributed by atoms with Crippen LogP contribution in [0.25, 0.3) is 0 Å². The summed E-state index contributed by atoms with van der Waals surface area (Å²) in [4.78, 5) is 11.0. The maximum atomic E-state index is 11.0. The van der Waals surface area contributed by atoms with Gasteiger partial charge in [-0.05, 0) is 17.5 Å². The van der Waals surface area contributed by atoms with Crippen molar-refractivity contribution in [1.82, 2.24) is 0 Å². The van der Waals surface area contributed by atoms with Gasteiger partial charge in [0.1, 0.15) is 17.5 Å². The summed E-state index contributed by atoms with van der Waals surface area (Å²) in [6.45, 7) is 4.00. The van der Waals surface area contributed by atoms with Gasteiger partial charge in [0, 0.05) is 11.6 Å². The van der Waals surface area contributed by atoms with Gasteiger partial charge in [0.15, 0.2) is 0 Å². The molecule has 0 saturated carbocycles. The van der Waals surface area contributed by atoms with Crippen molar-refractivity contribution in [2.75, 3.05) is 14.2 Å². The number of nitrogens with two attached hydrogens (primary N) is 1. The van der Waals surface area contributed by atoms with Gasteiger partial charge in [0.05, 0.1) is 14.2 Å². The Hall–Kier alpha value is -1.75. The Kier molecular flexibility index (Phi) is 4.55. The summed E-state index contributed by atoms with van der Waals surface area (Å²) >= 11 is 0. The minimum absolute atomic E-state index is 0.200. The standard InChI is InChI=1S/C13H19NO4/c1-7(2)8-5-9(12(14)13(15)16)11(18-4)6-10(8)17-3/h5-7,12H,14H2,1-4H3,(H,15,16). The third kappa shape index (κ3) is 2.73. The predicted molar refractivity (Wildman–Crippen MR) is 68.2 cm³/mol. The monoisotopic (exact) mass is 253 g/mol. The van der Waals surface area contributed by atoms with Crippen molar-refractivity contribution in [3.05, 3.63) is 23.3 Å². The van der Waals surface area contributed by atoms with Crippen LogP contribution < -0.4 is 15.2 Å². The number of carboxylic acids is 1. The number of rotatable bonds is 5. The molecule has 0 radical (unpaired) electrons. The lowest BCUT2D eigenvalue weighted by Crippen LogP contribution is -2.21. The van der Waals surface area contributed by atoms with Gasteiger partial charge in [-0.3, -0.25) is 4.79 Å². The smallest absolute Gasteiger partial charge is 0.325 e. The van der Waals surface area contributed by atoms with Crippen LogP contribution in [0.3, 0.4) is 0 Å². The summed E-state index contributed by atoms with van der Waals surface area (Å²) in [5.41, 5.74) is 7.02. The molecule has 1 aromatic carbocycles. The normalized spacial score (nSPS) is 12.3. The van der Waals surface area contributed by atoms with Crippen molar-refractivity contribution < 1.29 is 19.4 Å². The Balaban J connectivity index is 3.40. The number of carboxylic acid groups (broad SMARTS) is 1. The highest BCUT2D eigenvalue weighted by Crippen LogP contribution is 2.35. The molecule has 18 heavy (non-hydrogen) atoms. The lowest BCUT2D eigenvalue weighted by molar-refractivity contribution is -0.138. The van der Waals surface area contributed by atoms with Crippen LogP contribution in [0.4, 0.5) is 0 Å². The van der Waals surface area contributed by atoms with Gasteiger partial charge in [0.2, 0.25) is 0 Å². The maximum absolute atomic E-state index is 11.0. The fourth-order valence-corrected chi connectivity index (χ4v) is 1.78. The highest BCUT2D eigenvalue weighted by Gasteiger charge is 2.22. The molecule has 0 aromatic heterocycles. The molecule has 0 spiro atoms. The summed E-state index contributed by atoms with van der Waals surface area (Å²) in [6.07, 6.45) is 0. The lowest BCUT2D eigenvalue weighted by Gasteiger charge is -2.18. The molecule has 0 heterocycles. The van der Waals surface area contributed by atoms with E-state index in [4.69, 9.17) is 20.3 Å². The molecule has 0 amide bonds. The van der Waals surface area contributed by atoms with Gasteiger partial charge in [-0.1, -0.05) is 13.8 Å². The zero-order chi connectivity index (χ0) is 13.9. The first-order valence-electron chi connectivity index (χ1n) is 5.66.